The first-order valence-electron chi connectivity index (χ1n) is 6.22. The summed E-state index contributed by atoms with van der Waals surface area (Å²) < 4.78 is 11.4. The minimum absolute atomic E-state index is 0.0951. The summed E-state index contributed by atoms with van der Waals surface area (Å²) in [5, 5.41) is 2.06. The molecule has 2 N–H and O–H groups in total. The number of nitrogens with two attached hydrogens (primary N) is 1. The van der Waals surface area contributed by atoms with Crippen LogP contribution in [0.3, 0.4) is 0 Å². The Hall–Kier alpha value is -1.52. The van der Waals surface area contributed by atoms with Gasteiger partial charge in [0, 0.05) is 10.9 Å². The van der Waals surface area contributed by atoms with Crippen LogP contribution in [0.1, 0.15) is 23.5 Å². The van der Waals surface area contributed by atoms with Crippen molar-refractivity contribution in [1.29, 1.82) is 0 Å². The van der Waals surface area contributed by atoms with Gasteiger partial charge in [-0.25, -0.2) is 0 Å². The van der Waals surface area contributed by atoms with Crippen LogP contribution in [0.5, 0.6) is 11.5 Å². The summed E-state index contributed by atoms with van der Waals surface area (Å²) in [5.74, 6) is 1.45. The van der Waals surface area contributed by atoms with E-state index < -0.39 is 0 Å². The third-order valence-electron chi connectivity index (χ3n) is 2.96. The summed E-state index contributed by atoms with van der Waals surface area (Å²) in [6.07, 6.45) is -0.156. The Kier molecular flexibility index (Phi) is 4.45. The van der Waals surface area contributed by atoms with E-state index in [1.165, 1.54) is 10.4 Å². The van der Waals surface area contributed by atoms with Crippen LogP contribution >= 0.6 is 11.3 Å². The van der Waals surface area contributed by atoms with E-state index in [1.54, 1.807) is 18.4 Å². The predicted molar refractivity (Wildman–Crippen MR) is 79.1 cm³/mol. The topological polar surface area (TPSA) is 44.5 Å². The SMILES string of the molecule is COc1ccccc1OC(c1sccc1C)C(C)N. The first-order chi connectivity index (χ1) is 9.13. The zero-order chi connectivity index (χ0) is 13.8. The molecular formula is C15H19NO2S. The molecule has 0 amide bonds. The third kappa shape index (κ3) is 3.08. The fourth-order valence-electron chi connectivity index (χ4n) is 1.93. The number of para-hydroxylation sites is 2. The van der Waals surface area contributed by atoms with Crippen molar-refractivity contribution in [2.24, 2.45) is 5.73 Å². The van der Waals surface area contributed by atoms with Gasteiger partial charge in [0.05, 0.1) is 7.11 Å². The van der Waals surface area contributed by atoms with Gasteiger partial charge in [0.25, 0.3) is 0 Å². The van der Waals surface area contributed by atoms with Gasteiger partial charge in [-0.05, 0) is 43.0 Å². The van der Waals surface area contributed by atoms with E-state index >= 15 is 0 Å². The quantitative estimate of drug-likeness (QED) is 0.909. The van der Waals surface area contributed by atoms with Crippen LogP contribution < -0.4 is 15.2 Å². The van der Waals surface area contributed by atoms with Crippen LogP contribution in [0.15, 0.2) is 35.7 Å². The van der Waals surface area contributed by atoms with E-state index in [0.29, 0.717) is 0 Å². The van der Waals surface area contributed by atoms with Crippen molar-refractivity contribution in [1.82, 2.24) is 0 Å². The Morgan fingerprint density at radius 1 is 1.16 bits per heavy atom. The molecule has 2 rings (SSSR count). The Morgan fingerprint density at radius 3 is 2.37 bits per heavy atom. The number of ether oxygens (including phenoxy) is 2. The maximum absolute atomic E-state index is 6.08. The number of benzene rings is 1. The molecule has 2 unspecified atom stereocenters. The maximum atomic E-state index is 6.08. The minimum atomic E-state index is -0.156. The highest BCUT2D eigenvalue weighted by molar-refractivity contribution is 7.10. The lowest BCUT2D eigenvalue weighted by Crippen LogP contribution is -2.29. The van der Waals surface area contributed by atoms with Gasteiger partial charge in [0.1, 0.15) is 6.10 Å². The zero-order valence-electron chi connectivity index (χ0n) is 11.4. The Bertz CT molecular complexity index is 536. The fourth-order valence-corrected chi connectivity index (χ4v) is 3.00. The second-order valence-electron chi connectivity index (χ2n) is 4.52. The Balaban J connectivity index is 2.30. The molecule has 0 bridgehead atoms. The first kappa shape index (κ1) is 13.9. The van der Waals surface area contributed by atoms with Gasteiger partial charge in [-0.1, -0.05) is 12.1 Å². The van der Waals surface area contributed by atoms with E-state index in [1.807, 2.05) is 31.2 Å². The summed E-state index contributed by atoms with van der Waals surface area (Å²) in [6, 6.07) is 9.62. The molecule has 1 aromatic carbocycles. The average Bonchev–Trinajstić information content (AvgIpc) is 2.82. The van der Waals surface area contributed by atoms with Crippen molar-refractivity contribution in [2.45, 2.75) is 26.0 Å². The van der Waals surface area contributed by atoms with Crippen molar-refractivity contribution in [3.8, 4) is 11.5 Å². The molecule has 2 aromatic rings. The summed E-state index contributed by atoms with van der Waals surface area (Å²) >= 11 is 1.67. The molecule has 0 saturated carbocycles. The smallest absolute Gasteiger partial charge is 0.162 e. The number of thiophene rings is 1. The standard InChI is InChI=1S/C15H19NO2S/c1-10-8-9-19-15(10)14(11(2)16)18-13-7-5-4-6-12(13)17-3/h4-9,11,14H,16H2,1-3H3. The molecule has 1 aromatic heterocycles. The highest BCUT2D eigenvalue weighted by atomic mass is 32.1. The van der Waals surface area contributed by atoms with Gasteiger partial charge < -0.3 is 15.2 Å². The van der Waals surface area contributed by atoms with E-state index in [-0.39, 0.29) is 12.1 Å². The van der Waals surface area contributed by atoms with E-state index in [0.717, 1.165) is 11.5 Å². The molecule has 3 nitrogen and oxygen atoms in total. The molecule has 19 heavy (non-hydrogen) atoms. The second kappa shape index (κ2) is 6.08. The van der Waals surface area contributed by atoms with Gasteiger partial charge >= 0.3 is 0 Å². The molecule has 0 aliphatic rings. The summed E-state index contributed by atoms with van der Waals surface area (Å²) in [7, 11) is 1.64. The highest BCUT2D eigenvalue weighted by Crippen LogP contribution is 2.34. The first-order valence-corrected chi connectivity index (χ1v) is 7.10. The van der Waals surface area contributed by atoms with Crippen LogP contribution in [0.2, 0.25) is 0 Å². The van der Waals surface area contributed by atoms with Crippen molar-refractivity contribution in [2.75, 3.05) is 7.11 Å². The van der Waals surface area contributed by atoms with Crippen molar-refractivity contribution < 1.29 is 9.47 Å². The number of hydrogen-bond acceptors (Lipinski definition) is 4. The maximum Gasteiger partial charge on any atom is 0.162 e. The van der Waals surface area contributed by atoms with E-state index in [4.69, 9.17) is 15.2 Å². The molecule has 0 radical (unpaired) electrons. The van der Waals surface area contributed by atoms with Crippen molar-refractivity contribution in [3.63, 3.8) is 0 Å². The lowest BCUT2D eigenvalue weighted by atomic mass is 10.1. The van der Waals surface area contributed by atoms with Crippen molar-refractivity contribution >= 4 is 11.3 Å². The van der Waals surface area contributed by atoms with Gasteiger partial charge in [-0.15, -0.1) is 11.3 Å². The normalized spacial score (nSPS) is 13.9. The molecule has 0 aliphatic heterocycles. The number of aryl methyl sites for hydroxylation is 1. The van der Waals surface area contributed by atoms with Gasteiger partial charge in [-0.2, -0.15) is 0 Å². The summed E-state index contributed by atoms with van der Waals surface area (Å²) in [6.45, 7) is 4.03. The molecule has 4 heteroatoms. The zero-order valence-corrected chi connectivity index (χ0v) is 12.2. The minimum Gasteiger partial charge on any atom is -0.493 e. The molecule has 0 aliphatic carbocycles. The van der Waals surface area contributed by atoms with Gasteiger partial charge in [0.15, 0.2) is 11.5 Å². The average molecular weight is 277 g/mol. The fraction of sp³-hybridized carbons (Fsp3) is 0.333. The third-order valence-corrected chi connectivity index (χ3v) is 4.04. The predicted octanol–water partition coefficient (Wildman–Crippen LogP) is 3.53. The van der Waals surface area contributed by atoms with Crippen LogP contribution in [-0.2, 0) is 0 Å². The summed E-state index contributed by atoms with van der Waals surface area (Å²) in [5.41, 5.74) is 7.29. The molecular weight excluding hydrogens is 258 g/mol. The van der Waals surface area contributed by atoms with E-state index in [2.05, 4.69) is 18.4 Å². The highest BCUT2D eigenvalue weighted by Gasteiger charge is 2.22. The second-order valence-corrected chi connectivity index (χ2v) is 5.46. The molecule has 2 atom stereocenters. The van der Waals surface area contributed by atoms with Crippen LogP contribution in [0.4, 0.5) is 0 Å². The lowest BCUT2D eigenvalue weighted by Gasteiger charge is -2.23. The molecule has 0 spiro atoms. The number of methoxy groups -OCH3 is 1. The van der Waals surface area contributed by atoms with Crippen LogP contribution in [0.25, 0.3) is 0 Å². The number of hydrogen-bond donors (Lipinski definition) is 1. The molecule has 1 heterocycles. The molecule has 102 valence electrons. The molecule has 0 saturated heterocycles. The summed E-state index contributed by atoms with van der Waals surface area (Å²) in [4.78, 5) is 1.17. The lowest BCUT2D eigenvalue weighted by molar-refractivity contribution is 0.176. The Labute approximate surface area is 118 Å². The van der Waals surface area contributed by atoms with E-state index in [9.17, 15) is 0 Å². The number of rotatable bonds is 5. The molecule has 0 fully saturated rings. The van der Waals surface area contributed by atoms with Gasteiger partial charge in [-0.3, -0.25) is 0 Å². The Morgan fingerprint density at radius 2 is 1.84 bits per heavy atom. The van der Waals surface area contributed by atoms with Crippen molar-refractivity contribution in [3.05, 3.63) is 46.2 Å². The van der Waals surface area contributed by atoms with Crippen LogP contribution in [-0.4, -0.2) is 13.2 Å². The van der Waals surface area contributed by atoms with Crippen LogP contribution in [0, 0.1) is 6.92 Å². The largest absolute Gasteiger partial charge is 0.493 e. The van der Waals surface area contributed by atoms with Gasteiger partial charge in [0.2, 0.25) is 0 Å². The monoisotopic (exact) mass is 277 g/mol.